The Labute approximate surface area is 161 Å². The normalized spacial score (nSPS) is 22.8. The molecule has 1 atom stereocenters. The van der Waals surface area contributed by atoms with Gasteiger partial charge in [-0.3, -0.25) is 0 Å². The van der Waals surface area contributed by atoms with Gasteiger partial charge in [0.1, 0.15) is 0 Å². The molecule has 1 aromatic rings. The highest BCUT2D eigenvalue weighted by Gasteiger charge is 2.31. The molecule has 0 bridgehead atoms. The number of hydrogen-bond acceptors (Lipinski definition) is 1. The van der Waals surface area contributed by atoms with Crippen LogP contribution in [0.3, 0.4) is 0 Å². The van der Waals surface area contributed by atoms with Crippen LogP contribution in [0.15, 0.2) is 30.3 Å². The lowest BCUT2D eigenvalue weighted by molar-refractivity contribution is 0.323. The van der Waals surface area contributed by atoms with Gasteiger partial charge in [-0.1, -0.05) is 81.1 Å². The van der Waals surface area contributed by atoms with Gasteiger partial charge in [-0.05, 0) is 37.7 Å². The van der Waals surface area contributed by atoms with Crippen LogP contribution in [0.1, 0.15) is 69.8 Å². The minimum absolute atomic E-state index is 0.0569. The van der Waals surface area contributed by atoms with E-state index in [1.807, 2.05) is 6.07 Å². The summed E-state index contributed by atoms with van der Waals surface area (Å²) in [6.07, 6.45) is 13.9. The summed E-state index contributed by atoms with van der Waals surface area (Å²) in [4.78, 5) is 11.3. The van der Waals surface area contributed by atoms with Crippen molar-refractivity contribution in [2.75, 3.05) is 6.61 Å². The Morgan fingerprint density at radius 2 is 1.44 bits per heavy atom. The zero-order valence-corrected chi connectivity index (χ0v) is 17.8. The maximum Gasteiger partial charge on any atom is 0.201 e. The molecule has 2 saturated carbocycles. The first-order valence-corrected chi connectivity index (χ1v) is 14.7. The van der Waals surface area contributed by atoms with Crippen LogP contribution in [0, 0.1) is 0 Å². The van der Waals surface area contributed by atoms with Gasteiger partial charge in [-0.15, -0.1) is 10.1 Å². The van der Waals surface area contributed by atoms with Crippen molar-refractivity contribution >= 4 is 28.0 Å². The summed E-state index contributed by atoms with van der Waals surface area (Å²) in [5.41, 5.74) is -1.33. The molecule has 2 aliphatic carbocycles. The Morgan fingerprint density at radius 3 is 1.96 bits per heavy atom. The molecule has 2 nitrogen and oxygen atoms in total. The van der Waals surface area contributed by atoms with E-state index in [4.69, 9.17) is 16.8 Å². The van der Waals surface area contributed by atoms with E-state index in [0.29, 0.717) is 17.1 Å². The molecule has 1 N–H and O–H groups in total. The van der Waals surface area contributed by atoms with Crippen LogP contribution in [0.25, 0.3) is 0 Å². The van der Waals surface area contributed by atoms with E-state index in [9.17, 15) is 4.89 Å². The summed E-state index contributed by atoms with van der Waals surface area (Å²) in [5, 5.41) is 1.29. The van der Waals surface area contributed by atoms with Crippen LogP contribution in [0.4, 0.5) is 0 Å². The van der Waals surface area contributed by atoms with Crippen molar-refractivity contribution < 1.29 is 9.42 Å². The van der Waals surface area contributed by atoms with Gasteiger partial charge in [-0.25, -0.2) is 0 Å². The van der Waals surface area contributed by atoms with Crippen LogP contribution in [0.2, 0.25) is 0 Å². The molecule has 0 radical (unpaired) electrons. The van der Waals surface area contributed by atoms with E-state index in [1.165, 1.54) is 69.8 Å². The van der Waals surface area contributed by atoms with E-state index in [2.05, 4.69) is 24.3 Å². The Hall–Kier alpha value is 0.270. The monoisotopic (exact) mass is 400 g/mol. The van der Waals surface area contributed by atoms with Gasteiger partial charge in [-0.2, -0.15) is 0 Å². The number of thiol groups is 1. The number of benzene rings is 1. The van der Waals surface area contributed by atoms with Gasteiger partial charge in [0.2, 0.25) is 5.69 Å². The third kappa shape index (κ3) is 5.87. The SMILES string of the molecule is OP(S)(OCCc1ccccc1)=S(C1CCCCC1)C1CCCCC1. The minimum Gasteiger partial charge on any atom is -0.341 e. The summed E-state index contributed by atoms with van der Waals surface area (Å²) < 4.78 is 6.15. The highest BCUT2D eigenvalue weighted by Crippen LogP contribution is 2.57. The Kier molecular flexibility index (Phi) is 8.00. The lowest BCUT2D eigenvalue weighted by Crippen LogP contribution is -2.30. The van der Waals surface area contributed by atoms with Crippen LogP contribution < -0.4 is 0 Å². The third-order valence-electron chi connectivity index (χ3n) is 5.56. The predicted octanol–water partition coefficient (Wildman–Crippen LogP) is 6.13. The fourth-order valence-electron chi connectivity index (χ4n) is 4.26. The molecular formula is C20H33O2PS2. The first kappa shape index (κ1) is 20.0. The van der Waals surface area contributed by atoms with E-state index in [0.717, 1.165) is 6.42 Å². The lowest BCUT2D eigenvalue weighted by atomic mass is 10.00. The Morgan fingerprint density at radius 1 is 0.920 bits per heavy atom. The number of rotatable bonds is 6. The van der Waals surface area contributed by atoms with E-state index in [-0.39, 0.29) is 10.1 Å². The van der Waals surface area contributed by atoms with Crippen molar-refractivity contribution in [1.82, 2.24) is 0 Å². The highest BCUT2D eigenvalue weighted by atomic mass is 32.9. The van der Waals surface area contributed by atoms with Crippen molar-refractivity contribution in [3.8, 4) is 0 Å². The van der Waals surface area contributed by atoms with Crippen molar-refractivity contribution in [2.45, 2.75) is 81.1 Å². The van der Waals surface area contributed by atoms with Gasteiger partial charge >= 0.3 is 0 Å². The summed E-state index contributed by atoms with van der Waals surface area (Å²) >= 11 is 4.81. The Balaban J connectivity index is 1.74. The maximum atomic E-state index is 11.3. The van der Waals surface area contributed by atoms with Crippen molar-refractivity contribution in [2.24, 2.45) is 0 Å². The van der Waals surface area contributed by atoms with Crippen LogP contribution in [-0.2, 0) is 21.0 Å². The largest absolute Gasteiger partial charge is 0.341 e. The predicted molar refractivity (Wildman–Crippen MR) is 115 cm³/mol. The molecule has 142 valence electrons. The lowest BCUT2D eigenvalue weighted by Gasteiger charge is -2.37. The second-order valence-electron chi connectivity index (χ2n) is 7.43. The van der Waals surface area contributed by atoms with Crippen LogP contribution >= 0.6 is 17.9 Å². The summed E-state index contributed by atoms with van der Waals surface area (Å²) in [5.74, 6) is 0. The third-order valence-corrected chi connectivity index (χ3v) is 14.7. The second-order valence-corrected chi connectivity index (χ2v) is 15.9. The maximum absolute atomic E-state index is 11.3. The quantitative estimate of drug-likeness (QED) is 0.444. The van der Waals surface area contributed by atoms with Crippen molar-refractivity contribution in [1.29, 1.82) is 0 Å². The first-order chi connectivity index (χ1) is 12.2. The molecule has 0 amide bonds. The molecule has 0 saturated heterocycles. The summed E-state index contributed by atoms with van der Waals surface area (Å²) in [6.45, 7) is 0.584. The van der Waals surface area contributed by atoms with Crippen molar-refractivity contribution in [3.63, 3.8) is 0 Å². The molecule has 0 aromatic heterocycles. The van der Waals surface area contributed by atoms with Gasteiger partial charge in [0.05, 0.1) is 6.61 Å². The average Bonchev–Trinajstić information content (AvgIpc) is 2.64. The molecule has 2 aliphatic rings. The summed E-state index contributed by atoms with van der Waals surface area (Å²) in [7, 11) is -0.0569. The molecule has 3 rings (SSSR count). The number of hydrogen-bond donors (Lipinski definition) is 2. The molecule has 2 fully saturated rings. The van der Waals surface area contributed by atoms with Crippen LogP contribution in [0.5, 0.6) is 0 Å². The van der Waals surface area contributed by atoms with Crippen LogP contribution in [-0.4, -0.2) is 22.0 Å². The fourth-order valence-corrected chi connectivity index (χ4v) is 14.5. The minimum atomic E-state index is -2.60. The molecule has 5 heteroatoms. The molecule has 0 aliphatic heterocycles. The standard InChI is InChI=1S/C20H33O2PS2/c21-23(24,22-17-16-18-10-4-1-5-11-18)25(19-12-6-2-7-13-19)20-14-8-3-9-15-20/h1,4-5,10-11,19-21,24H,2-3,6-9,12-17H2. The topological polar surface area (TPSA) is 29.5 Å². The highest BCUT2D eigenvalue weighted by molar-refractivity contribution is 8.66. The van der Waals surface area contributed by atoms with Gasteiger partial charge in [0.25, 0.3) is 0 Å². The molecule has 1 unspecified atom stereocenters. The second kappa shape index (κ2) is 9.99. The summed E-state index contributed by atoms with van der Waals surface area (Å²) in [6, 6.07) is 10.4. The van der Waals surface area contributed by atoms with Gasteiger partial charge in [0, 0.05) is 10.5 Å². The molecule has 0 spiro atoms. The first-order valence-electron chi connectivity index (χ1n) is 9.92. The van der Waals surface area contributed by atoms with E-state index in [1.54, 1.807) is 0 Å². The molecule has 25 heavy (non-hydrogen) atoms. The zero-order valence-electron chi connectivity index (χ0n) is 15.2. The Bertz CT molecular complexity index is 553. The van der Waals surface area contributed by atoms with E-state index < -0.39 is 5.69 Å². The molecular weight excluding hydrogens is 367 g/mol. The molecule has 1 aromatic carbocycles. The molecule has 0 heterocycles. The fraction of sp³-hybridized carbons (Fsp3) is 0.700. The van der Waals surface area contributed by atoms with Crippen molar-refractivity contribution in [3.05, 3.63) is 35.9 Å². The van der Waals surface area contributed by atoms with E-state index >= 15 is 0 Å². The van der Waals surface area contributed by atoms with Gasteiger partial charge in [0.15, 0.2) is 0 Å². The average molecular weight is 401 g/mol. The van der Waals surface area contributed by atoms with Gasteiger partial charge < -0.3 is 9.42 Å². The zero-order chi connectivity index (χ0) is 17.5. The smallest absolute Gasteiger partial charge is 0.201 e.